The third-order valence-electron chi connectivity index (χ3n) is 5.35. The van der Waals surface area contributed by atoms with E-state index in [1.807, 2.05) is 6.07 Å². The molecule has 0 aliphatic carbocycles. The summed E-state index contributed by atoms with van der Waals surface area (Å²) in [6, 6.07) is 15.6. The minimum absolute atomic E-state index is 0.0926. The van der Waals surface area contributed by atoms with Crippen molar-refractivity contribution in [3.05, 3.63) is 89.4 Å². The minimum atomic E-state index is -0.381. The van der Waals surface area contributed by atoms with Gasteiger partial charge in [-0.25, -0.2) is 24.3 Å². The number of nitrogens with zero attached hydrogens (tertiary/aromatic N) is 7. The van der Waals surface area contributed by atoms with Gasteiger partial charge < -0.3 is 5.73 Å². The summed E-state index contributed by atoms with van der Waals surface area (Å²) in [5, 5.41) is 13.8. The van der Waals surface area contributed by atoms with Crippen molar-refractivity contribution >= 4 is 23.2 Å². The van der Waals surface area contributed by atoms with Gasteiger partial charge in [0.05, 0.1) is 28.6 Å². The molecule has 0 aliphatic rings. The first-order chi connectivity index (χ1) is 16.6. The summed E-state index contributed by atoms with van der Waals surface area (Å²) in [7, 11) is 0. The summed E-state index contributed by atoms with van der Waals surface area (Å²) >= 11 is 6.01. The van der Waals surface area contributed by atoms with E-state index < -0.39 is 0 Å². The Morgan fingerprint density at radius 2 is 1.97 bits per heavy atom. The molecule has 0 amide bonds. The highest BCUT2D eigenvalue weighted by Crippen LogP contribution is 2.34. The molecule has 0 saturated carbocycles. The fourth-order valence-electron chi connectivity index (χ4n) is 3.78. The van der Waals surface area contributed by atoms with Crippen molar-refractivity contribution in [3.8, 4) is 28.6 Å². The van der Waals surface area contributed by atoms with Crippen LogP contribution in [0.2, 0.25) is 0 Å². The van der Waals surface area contributed by atoms with E-state index in [9.17, 15) is 9.65 Å². The molecule has 5 rings (SSSR count). The highest BCUT2D eigenvalue weighted by Gasteiger charge is 2.22. The number of alkyl halides is 1. The lowest BCUT2D eigenvalue weighted by molar-refractivity contribution is 0.610. The van der Waals surface area contributed by atoms with Gasteiger partial charge in [-0.3, -0.25) is 0 Å². The molecule has 0 unspecified atom stereocenters. The third kappa shape index (κ3) is 3.80. The van der Waals surface area contributed by atoms with E-state index in [-0.39, 0.29) is 24.1 Å². The maximum atomic E-state index is 14.6. The molecule has 0 fully saturated rings. The smallest absolute Gasteiger partial charge is 0.223 e. The molecule has 0 bridgehead atoms. The van der Waals surface area contributed by atoms with Crippen LogP contribution in [-0.2, 0) is 12.3 Å². The third-order valence-corrected chi connectivity index (χ3v) is 5.64. The molecule has 34 heavy (non-hydrogen) atoms. The molecule has 166 valence electrons. The molecule has 2 N–H and O–H groups in total. The van der Waals surface area contributed by atoms with Crippen LogP contribution in [0, 0.1) is 17.1 Å². The van der Waals surface area contributed by atoms with Crippen molar-refractivity contribution in [2.45, 2.75) is 12.3 Å². The Morgan fingerprint density at radius 1 is 1.12 bits per heavy atom. The highest BCUT2D eigenvalue weighted by atomic mass is 35.5. The van der Waals surface area contributed by atoms with Crippen molar-refractivity contribution in [1.29, 1.82) is 5.26 Å². The van der Waals surface area contributed by atoms with E-state index in [2.05, 4.69) is 31.1 Å². The number of nitriles is 1. The van der Waals surface area contributed by atoms with Gasteiger partial charge in [0, 0.05) is 24.1 Å². The second kappa shape index (κ2) is 8.84. The average Bonchev–Trinajstić information content (AvgIpc) is 3.30. The van der Waals surface area contributed by atoms with Crippen molar-refractivity contribution in [2.24, 2.45) is 0 Å². The number of anilines is 1. The van der Waals surface area contributed by atoms with Gasteiger partial charge in [0.1, 0.15) is 12.1 Å². The molecule has 5 aromatic rings. The highest BCUT2D eigenvalue weighted by molar-refractivity contribution is 6.17. The van der Waals surface area contributed by atoms with Crippen LogP contribution in [0.4, 0.5) is 10.3 Å². The first kappa shape index (κ1) is 21.4. The second-order valence-corrected chi connectivity index (χ2v) is 7.70. The first-order valence-electron chi connectivity index (χ1n) is 10.2. The van der Waals surface area contributed by atoms with Gasteiger partial charge in [-0.05, 0) is 35.4 Å². The lowest BCUT2D eigenvalue weighted by Gasteiger charge is -2.11. The molecule has 3 heterocycles. The van der Waals surface area contributed by atoms with Gasteiger partial charge in [-0.15, -0.1) is 16.7 Å². The zero-order valence-electron chi connectivity index (χ0n) is 17.7. The Balaban J connectivity index is 1.75. The molecule has 10 heteroatoms. The maximum Gasteiger partial charge on any atom is 0.223 e. The Bertz CT molecular complexity index is 1560. The van der Waals surface area contributed by atoms with E-state index in [1.165, 1.54) is 16.9 Å². The van der Waals surface area contributed by atoms with E-state index in [4.69, 9.17) is 17.3 Å². The Hall–Kier alpha value is -4.42. The molecule has 0 spiro atoms. The Labute approximate surface area is 198 Å². The number of rotatable bonds is 5. The zero-order valence-corrected chi connectivity index (χ0v) is 18.4. The number of halogens is 2. The molecular weight excluding hydrogens is 455 g/mol. The molecule has 0 saturated heterocycles. The molecule has 0 aliphatic heterocycles. The monoisotopic (exact) mass is 470 g/mol. The van der Waals surface area contributed by atoms with Gasteiger partial charge in [-0.2, -0.15) is 9.78 Å². The summed E-state index contributed by atoms with van der Waals surface area (Å²) < 4.78 is 16.0. The quantitative estimate of drug-likeness (QED) is 0.383. The fourth-order valence-corrected chi connectivity index (χ4v) is 4.03. The summed E-state index contributed by atoms with van der Waals surface area (Å²) in [5.74, 6) is 0.224. The average molecular weight is 471 g/mol. The van der Waals surface area contributed by atoms with E-state index >= 15 is 0 Å². The second-order valence-electron chi connectivity index (χ2n) is 7.43. The van der Waals surface area contributed by atoms with E-state index in [0.29, 0.717) is 50.7 Å². The lowest BCUT2D eigenvalue weighted by Crippen LogP contribution is -2.06. The number of fused-ring (bicyclic) bond motifs is 1. The number of hydrogen-bond donors (Lipinski definition) is 1. The molecule has 8 nitrogen and oxygen atoms in total. The lowest BCUT2D eigenvalue weighted by atomic mass is 10.0. The predicted molar refractivity (Wildman–Crippen MR) is 125 cm³/mol. The largest absolute Gasteiger partial charge is 0.368 e. The molecule has 0 atom stereocenters. The molecule has 3 aromatic heterocycles. The summed E-state index contributed by atoms with van der Waals surface area (Å²) in [6.45, 7) is 0. The van der Waals surface area contributed by atoms with Crippen LogP contribution in [0.1, 0.15) is 22.5 Å². The number of benzene rings is 2. The van der Waals surface area contributed by atoms with Gasteiger partial charge in [0.2, 0.25) is 5.95 Å². The van der Waals surface area contributed by atoms with Crippen LogP contribution >= 0.6 is 11.6 Å². The van der Waals surface area contributed by atoms with Crippen molar-refractivity contribution in [1.82, 2.24) is 29.5 Å². The summed E-state index contributed by atoms with van der Waals surface area (Å²) in [5.41, 5.74) is 10.5. The standard InChI is InChI=1S/C24H16ClFN8/c25-11-16-5-2-6-18(26)17(16)10-20-31-23-21(19-7-8-29-13-30-19)22(32-24(28)34(23)33-20)15-4-1-3-14(9-15)12-27/h1-9,13H,10-11H2,(H2,28,32). The van der Waals surface area contributed by atoms with Crippen LogP contribution in [0.5, 0.6) is 0 Å². The maximum absolute atomic E-state index is 14.6. The molecule has 2 aromatic carbocycles. The van der Waals surface area contributed by atoms with E-state index in [0.717, 1.165) is 0 Å². The van der Waals surface area contributed by atoms with E-state index in [1.54, 1.807) is 42.6 Å². The zero-order chi connectivity index (χ0) is 23.7. The van der Waals surface area contributed by atoms with Crippen LogP contribution in [-0.4, -0.2) is 29.5 Å². The van der Waals surface area contributed by atoms with Crippen molar-refractivity contribution in [3.63, 3.8) is 0 Å². The first-order valence-corrected chi connectivity index (χ1v) is 10.8. The van der Waals surface area contributed by atoms with Crippen molar-refractivity contribution in [2.75, 3.05) is 5.73 Å². The number of nitrogen functional groups attached to an aromatic ring is 1. The molecule has 0 radical (unpaired) electrons. The number of aromatic nitrogens is 6. The number of nitrogens with two attached hydrogens (primary N) is 1. The summed E-state index contributed by atoms with van der Waals surface area (Å²) in [6.07, 6.45) is 3.15. The van der Waals surface area contributed by atoms with Gasteiger partial charge >= 0.3 is 0 Å². The van der Waals surface area contributed by atoms with Gasteiger partial charge in [0.25, 0.3) is 0 Å². The number of hydrogen-bond acceptors (Lipinski definition) is 7. The van der Waals surface area contributed by atoms with Crippen molar-refractivity contribution < 1.29 is 4.39 Å². The topological polar surface area (TPSA) is 119 Å². The Kier molecular flexibility index (Phi) is 5.57. The van der Waals surface area contributed by atoms with Crippen LogP contribution in [0.3, 0.4) is 0 Å². The van der Waals surface area contributed by atoms with Gasteiger partial charge in [0.15, 0.2) is 11.5 Å². The van der Waals surface area contributed by atoms with Crippen LogP contribution in [0.25, 0.3) is 28.2 Å². The van der Waals surface area contributed by atoms with Crippen LogP contribution in [0.15, 0.2) is 61.1 Å². The predicted octanol–water partition coefficient (Wildman–Crippen LogP) is 4.17. The minimum Gasteiger partial charge on any atom is -0.368 e. The normalized spacial score (nSPS) is 11.0. The molecular formula is C24H16ClFN8. The summed E-state index contributed by atoms with van der Waals surface area (Å²) in [4.78, 5) is 17.6. The van der Waals surface area contributed by atoms with Crippen LogP contribution < -0.4 is 5.73 Å². The SMILES string of the molecule is N#Cc1cccc(-c2nc(N)n3nc(Cc4c(F)cccc4CCl)nc3c2-c2ccncn2)c1. The van der Waals surface area contributed by atoms with Gasteiger partial charge in [-0.1, -0.05) is 24.3 Å². The fraction of sp³-hybridized carbons (Fsp3) is 0.0833. The Morgan fingerprint density at radius 3 is 2.74 bits per heavy atom.